The van der Waals surface area contributed by atoms with Crippen LogP contribution in [0.4, 0.5) is 11.4 Å². The van der Waals surface area contributed by atoms with Crippen molar-refractivity contribution in [3.63, 3.8) is 0 Å². The number of aromatic nitrogens is 1. The molecule has 0 unspecified atom stereocenters. The van der Waals surface area contributed by atoms with Gasteiger partial charge in [-0.1, -0.05) is 73.3 Å². The Morgan fingerprint density at radius 3 is 2.27 bits per heavy atom. The van der Waals surface area contributed by atoms with E-state index < -0.39 is 0 Å². The van der Waals surface area contributed by atoms with E-state index in [-0.39, 0.29) is 0 Å². The van der Waals surface area contributed by atoms with Crippen LogP contribution in [0.15, 0.2) is 114 Å². The normalized spacial score (nSPS) is 15.5. The molecule has 0 saturated heterocycles. The van der Waals surface area contributed by atoms with Crippen molar-refractivity contribution in [3.05, 3.63) is 136 Å². The first kappa shape index (κ1) is 19.3. The molecule has 0 atom stereocenters. The third kappa shape index (κ3) is 3.26. The quantitative estimate of drug-likeness (QED) is 0.379. The molecule has 0 radical (unpaired) electrons. The largest absolute Gasteiger partial charge is 0.463 e. The maximum Gasteiger partial charge on any atom is 0.141 e. The molecule has 158 valence electrons. The van der Waals surface area contributed by atoms with Crippen LogP contribution in [0.25, 0.3) is 23.4 Å². The molecule has 1 aliphatic heterocycles. The Bertz CT molecular complexity index is 1650. The Morgan fingerprint density at radius 1 is 0.727 bits per heavy atom. The number of furan rings is 1. The summed E-state index contributed by atoms with van der Waals surface area (Å²) in [7, 11) is 0. The Kier molecular flexibility index (Phi) is 4.66. The standard InChI is InChI=1S/C30H22N2O/c1-21-27(28-16-9-10-18-31-28)20-33-30(21)25-15-6-5-13-23(25)26-19-32(22-11-3-2-4-12-22)29-17-8-7-14-24(26)29/h2-18,20H,1,19H2/b26-23+,30-25+. The number of anilines is 2. The zero-order chi connectivity index (χ0) is 22.2. The van der Waals surface area contributed by atoms with E-state index in [0.717, 1.165) is 38.9 Å². The van der Waals surface area contributed by atoms with Gasteiger partial charge in [-0.2, -0.15) is 0 Å². The lowest BCUT2D eigenvalue weighted by Gasteiger charge is -2.18. The third-order valence-electron chi connectivity index (χ3n) is 6.24. The van der Waals surface area contributed by atoms with Crippen molar-refractivity contribution in [1.29, 1.82) is 0 Å². The molecule has 6 rings (SSSR count). The number of hydrogen-bond donors (Lipinski definition) is 0. The van der Waals surface area contributed by atoms with Gasteiger partial charge >= 0.3 is 0 Å². The predicted octanol–water partition coefficient (Wildman–Crippen LogP) is 5.39. The first-order valence-corrected chi connectivity index (χ1v) is 11.0. The van der Waals surface area contributed by atoms with Crippen LogP contribution >= 0.6 is 0 Å². The van der Waals surface area contributed by atoms with Gasteiger partial charge in [0.15, 0.2) is 0 Å². The van der Waals surface area contributed by atoms with Gasteiger partial charge in [0.25, 0.3) is 0 Å². The first-order valence-electron chi connectivity index (χ1n) is 11.0. The second-order valence-electron chi connectivity index (χ2n) is 8.14. The molecule has 3 heterocycles. The summed E-state index contributed by atoms with van der Waals surface area (Å²) in [6.07, 6.45) is 3.55. The lowest BCUT2D eigenvalue weighted by atomic mass is 10.0. The molecule has 0 bridgehead atoms. The van der Waals surface area contributed by atoms with Crippen molar-refractivity contribution in [3.8, 4) is 11.3 Å². The Balaban J connectivity index is 1.65. The molecule has 0 spiro atoms. The molecule has 0 fully saturated rings. The van der Waals surface area contributed by atoms with Crippen molar-refractivity contribution in [2.45, 2.75) is 0 Å². The zero-order valence-corrected chi connectivity index (χ0v) is 18.1. The fourth-order valence-corrected chi connectivity index (χ4v) is 4.65. The van der Waals surface area contributed by atoms with Crippen molar-refractivity contribution in [1.82, 2.24) is 4.98 Å². The topological polar surface area (TPSA) is 29.3 Å². The van der Waals surface area contributed by atoms with Crippen molar-refractivity contribution < 1.29 is 4.42 Å². The van der Waals surface area contributed by atoms with E-state index in [1.807, 2.05) is 18.2 Å². The summed E-state index contributed by atoms with van der Waals surface area (Å²) in [5.74, 6) is 0. The van der Waals surface area contributed by atoms with Gasteiger partial charge in [0.05, 0.1) is 5.69 Å². The molecular weight excluding hydrogens is 404 g/mol. The Hall–Kier alpha value is -4.37. The van der Waals surface area contributed by atoms with Crippen molar-refractivity contribution in [2.75, 3.05) is 11.4 Å². The number of rotatable bonds is 2. The molecule has 0 aliphatic carbocycles. The van der Waals surface area contributed by atoms with Crippen molar-refractivity contribution >= 4 is 23.5 Å². The molecule has 1 aliphatic rings. The van der Waals surface area contributed by atoms with Gasteiger partial charge in [-0.15, -0.1) is 0 Å². The average Bonchev–Trinajstić information content (AvgIpc) is 3.46. The average molecular weight is 427 g/mol. The highest BCUT2D eigenvalue weighted by Crippen LogP contribution is 2.38. The number of para-hydroxylation sites is 2. The molecular formula is C30H22N2O. The molecule has 0 amide bonds. The highest BCUT2D eigenvalue weighted by molar-refractivity contribution is 5.89. The lowest BCUT2D eigenvalue weighted by molar-refractivity contribution is 0.534. The Morgan fingerprint density at radius 2 is 1.45 bits per heavy atom. The maximum absolute atomic E-state index is 6.11. The van der Waals surface area contributed by atoms with Crippen LogP contribution in [-0.2, 0) is 0 Å². The summed E-state index contributed by atoms with van der Waals surface area (Å²) in [6.45, 7) is 5.15. The van der Waals surface area contributed by atoms with Crippen molar-refractivity contribution in [2.24, 2.45) is 0 Å². The van der Waals surface area contributed by atoms with E-state index in [0.29, 0.717) is 0 Å². The molecule has 3 nitrogen and oxygen atoms in total. The van der Waals surface area contributed by atoms with E-state index in [1.165, 1.54) is 22.5 Å². The number of pyridine rings is 1. The van der Waals surface area contributed by atoms with E-state index in [9.17, 15) is 0 Å². The lowest BCUT2D eigenvalue weighted by Crippen LogP contribution is -2.17. The molecule has 2 aromatic heterocycles. The molecule has 5 aromatic rings. The van der Waals surface area contributed by atoms with Gasteiger partial charge in [-0.25, -0.2) is 0 Å². The van der Waals surface area contributed by atoms with Gasteiger partial charge in [-0.3, -0.25) is 4.98 Å². The van der Waals surface area contributed by atoms with Crippen LogP contribution in [0, 0.1) is 10.6 Å². The minimum Gasteiger partial charge on any atom is -0.463 e. The first-order chi connectivity index (χ1) is 16.3. The van der Waals surface area contributed by atoms with Crippen LogP contribution in [0.5, 0.6) is 0 Å². The maximum atomic E-state index is 6.11. The van der Waals surface area contributed by atoms with Crippen LogP contribution in [-0.4, -0.2) is 11.5 Å². The highest BCUT2D eigenvalue weighted by atomic mass is 16.3. The van der Waals surface area contributed by atoms with Gasteiger partial charge in [0.1, 0.15) is 11.7 Å². The molecule has 3 aromatic carbocycles. The van der Waals surface area contributed by atoms with Gasteiger partial charge < -0.3 is 9.32 Å². The Labute approximate surface area is 191 Å². The molecule has 3 heteroatoms. The molecule has 0 N–H and O–H groups in total. The van der Waals surface area contributed by atoms with Gasteiger partial charge in [0, 0.05) is 45.7 Å². The highest BCUT2D eigenvalue weighted by Gasteiger charge is 2.24. The molecule has 0 saturated carbocycles. The number of hydrogen-bond acceptors (Lipinski definition) is 3. The van der Waals surface area contributed by atoms with E-state index >= 15 is 0 Å². The van der Waals surface area contributed by atoms with Gasteiger partial charge in [-0.05, 0) is 41.1 Å². The molecule has 33 heavy (non-hydrogen) atoms. The SMILES string of the molecule is C=c1c(-c2ccccn2)co/c1=c1\cccc\c1=C1\CN(c2ccccc2)c2ccccc21. The van der Waals surface area contributed by atoms with Gasteiger partial charge in [0.2, 0.25) is 0 Å². The second kappa shape index (κ2) is 7.95. The number of fused-ring (bicyclic) bond motifs is 1. The summed E-state index contributed by atoms with van der Waals surface area (Å²) in [4.78, 5) is 6.85. The summed E-state index contributed by atoms with van der Waals surface area (Å²) in [5.41, 5.74) is 7.50. The van der Waals surface area contributed by atoms with Crippen LogP contribution in [0.2, 0.25) is 0 Å². The monoisotopic (exact) mass is 426 g/mol. The zero-order valence-electron chi connectivity index (χ0n) is 18.1. The summed E-state index contributed by atoms with van der Waals surface area (Å²) >= 11 is 0. The fourth-order valence-electron chi connectivity index (χ4n) is 4.65. The van der Waals surface area contributed by atoms with Crippen LogP contribution < -0.4 is 15.3 Å². The predicted molar refractivity (Wildman–Crippen MR) is 133 cm³/mol. The van der Waals surface area contributed by atoms with Crippen LogP contribution in [0.1, 0.15) is 5.56 Å². The summed E-state index contributed by atoms with van der Waals surface area (Å²) in [6, 6.07) is 33.4. The second-order valence-corrected chi connectivity index (χ2v) is 8.14. The summed E-state index contributed by atoms with van der Waals surface area (Å²) < 4.78 is 6.11. The number of benzene rings is 3. The van der Waals surface area contributed by atoms with E-state index in [2.05, 4.69) is 95.3 Å². The smallest absolute Gasteiger partial charge is 0.141 e. The van der Waals surface area contributed by atoms with E-state index in [1.54, 1.807) is 12.5 Å². The minimum absolute atomic E-state index is 0.786. The number of nitrogens with zero attached hydrogens (tertiary/aromatic N) is 2. The third-order valence-corrected chi connectivity index (χ3v) is 6.24. The minimum atomic E-state index is 0.786. The summed E-state index contributed by atoms with van der Waals surface area (Å²) in [5, 5.41) is 3.06. The van der Waals surface area contributed by atoms with Crippen LogP contribution in [0.3, 0.4) is 0 Å². The fraction of sp³-hybridized carbons (Fsp3) is 0.0333. The van der Waals surface area contributed by atoms with E-state index in [4.69, 9.17) is 4.42 Å².